The Labute approximate surface area is 166 Å². The third-order valence-corrected chi connectivity index (χ3v) is 6.03. The zero-order chi connectivity index (χ0) is 19.4. The van der Waals surface area contributed by atoms with Gasteiger partial charge in [-0.15, -0.1) is 0 Å². The molecule has 6 nitrogen and oxygen atoms in total. The number of hydrogen-bond acceptors (Lipinski definition) is 7. The molecule has 2 aromatic heterocycles. The second-order valence-corrected chi connectivity index (χ2v) is 9.16. The van der Waals surface area contributed by atoms with Crippen molar-refractivity contribution >= 4 is 39.3 Å². The summed E-state index contributed by atoms with van der Waals surface area (Å²) < 4.78 is 0.693. The maximum atomic E-state index is 11.8. The Morgan fingerprint density at radius 1 is 1.22 bits per heavy atom. The number of aliphatic hydroxyl groups excluding tert-OH is 1. The molecule has 27 heavy (non-hydrogen) atoms. The van der Waals surface area contributed by atoms with Crippen molar-refractivity contribution in [3.63, 3.8) is 0 Å². The quantitative estimate of drug-likeness (QED) is 0.387. The summed E-state index contributed by atoms with van der Waals surface area (Å²) in [6.45, 7) is 6.33. The van der Waals surface area contributed by atoms with E-state index in [4.69, 9.17) is 0 Å². The zero-order valence-corrected chi connectivity index (χ0v) is 17.2. The minimum Gasteiger partial charge on any atom is -0.394 e. The van der Waals surface area contributed by atoms with Crippen molar-refractivity contribution in [3.05, 3.63) is 45.6 Å². The number of nitrogens with zero attached hydrogens (tertiary/aromatic N) is 2. The number of rotatable bonds is 8. The minimum atomic E-state index is -0.162. The molecule has 0 amide bonds. The van der Waals surface area contributed by atoms with Gasteiger partial charge in [0.25, 0.3) is 0 Å². The number of aromatic amines is 1. The van der Waals surface area contributed by atoms with Crippen LogP contribution in [-0.2, 0) is 0 Å². The topological polar surface area (TPSA) is 90.9 Å². The average Bonchev–Trinajstić information content (AvgIpc) is 3.02. The number of benzene rings is 1. The molecule has 2 atom stereocenters. The number of thiazole rings is 1. The first-order chi connectivity index (χ1) is 13.0. The molecular weight excluding hydrogens is 380 g/mol. The lowest BCUT2D eigenvalue weighted by Gasteiger charge is -2.19. The van der Waals surface area contributed by atoms with Crippen molar-refractivity contribution < 1.29 is 5.11 Å². The molecule has 0 unspecified atom stereocenters. The summed E-state index contributed by atoms with van der Waals surface area (Å²) in [4.78, 5) is 23.6. The number of anilines is 1. The highest BCUT2D eigenvalue weighted by Gasteiger charge is 2.18. The molecule has 1 aromatic carbocycles. The second-order valence-electron chi connectivity index (χ2n) is 6.87. The van der Waals surface area contributed by atoms with E-state index in [2.05, 4.69) is 53.2 Å². The van der Waals surface area contributed by atoms with E-state index in [1.165, 1.54) is 5.56 Å². The van der Waals surface area contributed by atoms with Crippen LogP contribution in [-0.4, -0.2) is 32.7 Å². The van der Waals surface area contributed by atoms with E-state index >= 15 is 0 Å². The van der Waals surface area contributed by atoms with Gasteiger partial charge in [-0.3, -0.25) is 9.78 Å². The van der Waals surface area contributed by atoms with Crippen LogP contribution >= 0.6 is 23.1 Å². The molecule has 3 aromatic rings. The van der Waals surface area contributed by atoms with E-state index in [1.807, 2.05) is 18.2 Å². The van der Waals surface area contributed by atoms with Gasteiger partial charge in [0.2, 0.25) is 0 Å². The maximum absolute atomic E-state index is 11.8. The van der Waals surface area contributed by atoms with Crippen molar-refractivity contribution in [2.75, 3.05) is 11.9 Å². The van der Waals surface area contributed by atoms with Crippen LogP contribution in [0.5, 0.6) is 0 Å². The third-order valence-electron chi connectivity index (χ3n) is 4.13. The highest BCUT2D eigenvalue weighted by atomic mass is 32.2. The molecule has 3 N–H and O–H groups in total. The summed E-state index contributed by atoms with van der Waals surface area (Å²) in [6, 6.07) is 10.0. The normalized spacial score (nSPS) is 13.8. The largest absolute Gasteiger partial charge is 0.394 e. The van der Waals surface area contributed by atoms with Gasteiger partial charge in [-0.25, -0.2) is 9.97 Å². The van der Waals surface area contributed by atoms with Crippen molar-refractivity contribution in [1.29, 1.82) is 0 Å². The summed E-state index contributed by atoms with van der Waals surface area (Å²) >= 11 is 2.63. The molecule has 0 aliphatic heterocycles. The van der Waals surface area contributed by atoms with Gasteiger partial charge >= 0.3 is 4.87 Å². The smallest absolute Gasteiger partial charge is 0.306 e. The van der Waals surface area contributed by atoms with Gasteiger partial charge in [-0.1, -0.05) is 67.3 Å². The molecular formula is C19H24N4O2S2. The highest BCUT2D eigenvalue weighted by Crippen LogP contribution is 2.35. The average molecular weight is 405 g/mol. The Bertz CT molecular complexity index is 940. The number of aromatic nitrogens is 3. The molecule has 2 heterocycles. The fourth-order valence-electron chi connectivity index (χ4n) is 2.87. The zero-order valence-electron chi connectivity index (χ0n) is 15.6. The third kappa shape index (κ3) is 5.09. The van der Waals surface area contributed by atoms with Crippen LogP contribution in [0.2, 0.25) is 0 Å². The monoisotopic (exact) mass is 404 g/mol. The summed E-state index contributed by atoms with van der Waals surface area (Å²) in [5.41, 5.74) is 1.72. The summed E-state index contributed by atoms with van der Waals surface area (Å²) in [6.07, 6.45) is 0.810. The van der Waals surface area contributed by atoms with Gasteiger partial charge in [-0.05, 0) is 24.8 Å². The van der Waals surface area contributed by atoms with E-state index in [-0.39, 0.29) is 22.8 Å². The molecule has 0 saturated heterocycles. The predicted octanol–water partition coefficient (Wildman–Crippen LogP) is 4.05. The SMILES string of the molecule is CC(C)C[C@H](CO)Nc1nc(S[C@H](C)c2ccccc2)nc2[nH]c(=O)sc12. The maximum Gasteiger partial charge on any atom is 0.306 e. The molecule has 3 rings (SSSR count). The molecule has 0 fully saturated rings. The van der Waals surface area contributed by atoms with E-state index in [1.54, 1.807) is 11.8 Å². The number of fused-ring (bicyclic) bond motifs is 1. The molecule has 0 aliphatic carbocycles. The predicted molar refractivity (Wildman–Crippen MR) is 113 cm³/mol. The lowest BCUT2D eigenvalue weighted by atomic mass is 10.0. The Balaban J connectivity index is 1.91. The fraction of sp³-hybridized carbons (Fsp3) is 0.421. The van der Waals surface area contributed by atoms with Crippen LogP contribution in [0, 0.1) is 5.92 Å². The molecule has 0 aliphatic rings. The number of H-pyrrole nitrogens is 1. The minimum absolute atomic E-state index is 0.00585. The first-order valence-electron chi connectivity index (χ1n) is 8.96. The molecule has 0 bridgehead atoms. The van der Waals surface area contributed by atoms with Crippen molar-refractivity contribution in [2.45, 2.75) is 43.6 Å². The van der Waals surface area contributed by atoms with Crippen LogP contribution in [0.25, 0.3) is 10.3 Å². The highest BCUT2D eigenvalue weighted by molar-refractivity contribution is 7.99. The van der Waals surface area contributed by atoms with Crippen molar-refractivity contribution in [1.82, 2.24) is 15.0 Å². The van der Waals surface area contributed by atoms with Crippen LogP contribution in [0.4, 0.5) is 5.82 Å². The number of nitrogens with one attached hydrogen (secondary N) is 2. The Kier molecular flexibility index (Phi) is 6.51. The molecule has 0 radical (unpaired) electrons. The lowest BCUT2D eigenvalue weighted by molar-refractivity contribution is 0.259. The lowest BCUT2D eigenvalue weighted by Crippen LogP contribution is -2.26. The van der Waals surface area contributed by atoms with E-state index < -0.39 is 0 Å². The number of aliphatic hydroxyl groups is 1. The van der Waals surface area contributed by atoms with Gasteiger partial charge in [0.15, 0.2) is 16.6 Å². The Morgan fingerprint density at radius 3 is 2.63 bits per heavy atom. The van der Waals surface area contributed by atoms with Crippen LogP contribution in [0.3, 0.4) is 0 Å². The van der Waals surface area contributed by atoms with Crippen LogP contribution in [0.1, 0.15) is 38.0 Å². The molecule has 0 saturated carbocycles. The van der Waals surface area contributed by atoms with E-state index in [9.17, 15) is 9.90 Å². The first-order valence-corrected chi connectivity index (χ1v) is 10.7. The van der Waals surface area contributed by atoms with Crippen molar-refractivity contribution in [2.24, 2.45) is 5.92 Å². The summed E-state index contributed by atoms with van der Waals surface area (Å²) in [5, 5.41) is 13.8. The van der Waals surface area contributed by atoms with Gasteiger partial charge in [0, 0.05) is 5.25 Å². The molecule has 0 spiro atoms. The summed E-state index contributed by atoms with van der Waals surface area (Å²) in [5.74, 6) is 1.04. The van der Waals surface area contributed by atoms with Gasteiger partial charge < -0.3 is 10.4 Å². The van der Waals surface area contributed by atoms with Gasteiger partial charge in [-0.2, -0.15) is 0 Å². The molecule has 144 valence electrons. The number of thioether (sulfide) groups is 1. The van der Waals surface area contributed by atoms with Crippen LogP contribution in [0.15, 0.2) is 40.3 Å². The Hall–Kier alpha value is -1.90. The van der Waals surface area contributed by atoms with Crippen LogP contribution < -0.4 is 10.2 Å². The van der Waals surface area contributed by atoms with E-state index in [0.717, 1.165) is 17.8 Å². The first kappa shape index (κ1) is 19.9. The second kappa shape index (κ2) is 8.86. The van der Waals surface area contributed by atoms with Crippen molar-refractivity contribution in [3.8, 4) is 0 Å². The van der Waals surface area contributed by atoms with Gasteiger partial charge in [0.05, 0.1) is 12.6 Å². The summed E-state index contributed by atoms with van der Waals surface area (Å²) in [7, 11) is 0. The standard InChI is InChI=1S/C19H24N4O2S2/c1-11(2)9-14(10-24)20-16-15-17(23-19(25)27-15)22-18(21-16)26-12(3)13-7-5-4-6-8-13/h4-8,11-12,14,24H,9-10H2,1-3H3,(H2,20,21,22,23,25)/t12-,14-/m1/s1. The Morgan fingerprint density at radius 2 is 1.96 bits per heavy atom. The molecule has 8 heteroatoms. The number of hydrogen-bond donors (Lipinski definition) is 3. The fourth-order valence-corrected chi connectivity index (χ4v) is 4.49. The van der Waals surface area contributed by atoms with Gasteiger partial charge in [0.1, 0.15) is 4.70 Å². The van der Waals surface area contributed by atoms with E-state index in [0.29, 0.717) is 27.2 Å².